The van der Waals surface area contributed by atoms with Crippen LogP contribution in [-0.4, -0.2) is 38.2 Å². The van der Waals surface area contributed by atoms with E-state index in [1.807, 2.05) is 37.1 Å². The summed E-state index contributed by atoms with van der Waals surface area (Å²) in [6.07, 6.45) is 5.00. The minimum atomic E-state index is 0.720. The monoisotopic (exact) mass is 288 g/mol. The fourth-order valence-corrected chi connectivity index (χ4v) is 2.21. The van der Waals surface area contributed by atoms with E-state index in [0.717, 1.165) is 43.4 Å². The molecule has 0 aliphatic rings. The molecule has 0 aromatic carbocycles. The normalized spacial score (nSPS) is 11.1. The van der Waals surface area contributed by atoms with Crippen LogP contribution in [0.1, 0.15) is 30.4 Å². The van der Waals surface area contributed by atoms with Crippen LogP contribution in [0.25, 0.3) is 0 Å². The molecule has 2 aromatic heterocycles. The zero-order chi connectivity index (χ0) is 15.2. The Morgan fingerprint density at radius 3 is 2.76 bits per heavy atom. The summed E-state index contributed by atoms with van der Waals surface area (Å²) < 4.78 is 1.82. The minimum Gasteiger partial charge on any atom is -0.370 e. The molecule has 2 heterocycles. The summed E-state index contributed by atoms with van der Waals surface area (Å²) in [5.74, 6) is 1.76. The van der Waals surface area contributed by atoms with Gasteiger partial charge >= 0.3 is 0 Å². The molecule has 0 atom stereocenters. The van der Waals surface area contributed by atoms with Crippen molar-refractivity contribution < 1.29 is 0 Å². The molecule has 0 saturated heterocycles. The van der Waals surface area contributed by atoms with Gasteiger partial charge in [-0.2, -0.15) is 5.10 Å². The third kappa shape index (κ3) is 4.82. The molecule has 114 valence electrons. The topological polar surface area (TPSA) is 58.9 Å². The van der Waals surface area contributed by atoms with Gasteiger partial charge in [0.1, 0.15) is 11.6 Å². The lowest BCUT2D eigenvalue weighted by molar-refractivity contribution is 0.310. The van der Waals surface area contributed by atoms with Crippen molar-refractivity contribution in [1.82, 2.24) is 24.6 Å². The number of hydrogen-bond donors (Lipinski definition) is 1. The van der Waals surface area contributed by atoms with Crippen molar-refractivity contribution in [1.29, 1.82) is 0 Å². The standard InChI is InChI=1S/C15H24N6/c1-5-6-16-14-7-12(2)18-15(19-14)11-20(3)9-13-8-17-21(4)10-13/h7-8,10H,5-6,9,11H2,1-4H3,(H,16,18,19). The van der Waals surface area contributed by atoms with Crippen molar-refractivity contribution in [3.05, 3.63) is 35.5 Å². The maximum Gasteiger partial charge on any atom is 0.144 e. The van der Waals surface area contributed by atoms with Gasteiger partial charge in [-0.05, 0) is 20.4 Å². The van der Waals surface area contributed by atoms with Crippen LogP contribution in [0.4, 0.5) is 5.82 Å². The lowest BCUT2D eigenvalue weighted by atomic mass is 10.3. The number of anilines is 1. The molecule has 0 bridgehead atoms. The van der Waals surface area contributed by atoms with Crippen molar-refractivity contribution in [2.45, 2.75) is 33.4 Å². The molecule has 0 saturated carbocycles. The summed E-state index contributed by atoms with van der Waals surface area (Å²) >= 11 is 0. The van der Waals surface area contributed by atoms with E-state index in [-0.39, 0.29) is 0 Å². The maximum absolute atomic E-state index is 4.57. The van der Waals surface area contributed by atoms with E-state index in [0.29, 0.717) is 0 Å². The lowest BCUT2D eigenvalue weighted by Gasteiger charge is -2.15. The Kier molecular flexibility index (Phi) is 5.27. The van der Waals surface area contributed by atoms with Gasteiger partial charge in [0.05, 0.1) is 12.7 Å². The fourth-order valence-electron chi connectivity index (χ4n) is 2.21. The van der Waals surface area contributed by atoms with Crippen LogP contribution >= 0.6 is 0 Å². The average Bonchev–Trinajstić information content (AvgIpc) is 2.80. The Balaban J connectivity index is 1.99. The second kappa shape index (κ2) is 7.17. The highest BCUT2D eigenvalue weighted by Crippen LogP contribution is 2.09. The summed E-state index contributed by atoms with van der Waals surface area (Å²) in [7, 11) is 4.00. The minimum absolute atomic E-state index is 0.720. The van der Waals surface area contributed by atoms with E-state index >= 15 is 0 Å². The van der Waals surface area contributed by atoms with Crippen molar-refractivity contribution in [2.75, 3.05) is 18.9 Å². The molecule has 1 N–H and O–H groups in total. The van der Waals surface area contributed by atoms with E-state index in [4.69, 9.17) is 0 Å². The van der Waals surface area contributed by atoms with Crippen LogP contribution in [-0.2, 0) is 20.1 Å². The van der Waals surface area contributed by atoms with Crippen molar-refractivity contribution in [2.24, 2.45) is 7.05 Å². The molecule has 2 aromatic rings. The van der Waals surface area contributed by atoms with E-state index < -0.39 is 0 Å². The molecule has 0 fully saturated rings. The second-order valence-electron chi connectivity index (χ2n) is 5.43. The third-order valence-corrected chi connectivity index (χ3v) is 3.08. The molecule has 0 unspecified atom stereocenters. The van der Waals surface area contributed by atoms with E-state index in [9.17, 15) is 0 Å². The highest BCUT2D eigenvalue weighted by Gasteiger charge is 2.07. The Hall–Kier alpha value is -1.95. The van der Waals surface area contributed by atoms with Crippen LogP contribution in [0.15, 0.2) is 18.5 Å². The highest BCUT2D eigenvalue weighted by molar-refractivity contribution is 5.35. The highest BCUT2D eigenvalue weighted by atomic mass is 15.2. The molecule has 0 radical (unpaired) electrons. The van der Waals surface area contributed by atoms with Crippen LogP contribution in [0, 0.1) is 6.92 Å². The molecule has 0 aliphatic heterocycles. The number of nitrogens with one attached hydrogen (secondary N) is 1. The molecule has 21 heavy (non-hydrogen) atoms. The first-order chi connectivity index (χ1) is 10.1. The molecular weight excluding hydrogens is 264 g/mol. The Morgan fingerprint density at radius 2 is 2.10 bits per heavy atom. The molecular formula is C15H24N6. The van der Waals surface area contributed by atoms with Gasteiger partial charge in [-0.25, -0.2) is 9.97 Å². The Morgan fingerprint density at radius 1 is 1.29 bits per heavy atom. The first kappa shape index (κ1) is 15.4. The smallest absolute Gasteiger partial charge is 0.144 e. The maximum atomic E-state index is 4.57. The van der Waals surface area contributed by atoms with Gasteiger partial charge in [0.25, 0.3) is 0 Å². The molecule has 6 heteroatoms. The van der Waals surface area contributed by atoms with Crippen LogP contribution in [0.5, 0.6) is 0 Å². The Bertz CT molecular complexity index is 577. The van der Waals surface area contributed by atoms with Gasteiger partial charge in [0.2, 0.25) is 0 Å². The van der Waals surface area contributed by atoms with Crippen LogP contribution in [0.3, 0.4) is 0 Å². The summed E-state index contributed by atoms with van der Waals surface area (Å²) in [5, 5.41) is 7.51. The van der Waals surface area contributed by atoms with E-state index in [1.54, 1.807) is 0 Å². The zero-order valence-corrected chi connectivity index (χ0v) is 13.3. The SMILES string of the molecule is CCCNc1cc(C)nc(CN(C)Cc2cnn(C)c2)n1. The number of rotatable bonds is 7. The van der Waals surface area contributed by atoms with Gasteiger partial charge in [-0.15, -0.1) is 0 Å². The second-order valence-corrected chi connectivity index (χ2v) is 5.43. The molecule has 0 amide bonds. The number of aromatic nitrogens is 4. The predicted molar refractivity (Wildman–Crippen MR) is 83.9 cm³/mol. The number of nitrogens with zero attached hydrogens (tertiary/aromatic N) is 5. The van der Waals surface area contributed by atoms with E-state index in [1.165, 1.54) is 5.56 Å². The van der Waals surface area contributed by atoms with E-state index in [2.05, 4.69) is 39.3 Å². The van der Waals surface area contributed by atoms with Crippen molar-refractivity contribution >= 4 is 5.82 Å². The molecule has 0 spiro atoms. The average molecular weight is 288 g/mol. The van der Waals surface area contributed by atoms with Gasteiger partial charge in [-0.1, -0.05) is 6.92 Å². The van der Waals surface area contributed by atoms with Gasteiger partial charge in [-0.3, -0.25) is 9.58 Å². The first-order valence-electron chi connectivity index (χ1n) is 7.31. The van der Waals surface area contributed by atoms with Crippen molar-refractivity contribution in [3.8, 4) is 0 Å². The van der Waals surface area contributed by atoms with Crippen LogP contribution < -0.4 is 5.32 Å². The summed E-state index contributed by atoms with van der Waals surface area (Å²) in [4.78, 5) is 11.3. The molecule has 2 rings (SSSR count). The van der Waals surface area contributed by atoms with Crippen LogP contribution in [0.2, 0.25) is 0 Å². The Labute approximate surface area is 126 Å². The molecule has 6 nitrogen and oxygen atoms in total. The quantitative estimate of drug-likeness (QED) is 0.844. The third-order valence-electron chi connectivity index (χ3n) is 3.08. The first-order valence-corrected chi connectivity index (χ1v) is 7.31. The molecule has 0 aliphatic carbocycles. The summed E-state index contributed by atoms with van der Waals surface area (Å²) in [6.45, 7) is 6.63. The zero-order valence-electron chi connectivity index (χ0n) is 13.3. The number of hydrogen-bond acceptors (Lipinski definition) is 5. The largest absolute Gasteiger partial charge is 0.370 e. The number of aryl methyl sites for hydroxylation is 2. The summed E-state index contributed by atoms with van der Waals surface area (Å²) in [6, 6.07) is 1.99. The van der Waals surface area contributed by atoms with Gasteiger partial charge in [0.15, 0.2) is 0 Å². The van der Waals surface area contributed by atoms with Gasteiger partial charge < -0.3 is 5.32 Å². The predicted octanol–water partition coefficient (Wildman–Crippen LogP) is 1.97. The van der Waals surface area contributed by atoms with Crippen molar-refractivity contribution in [3.63, 3.8) is 0 Å². The summed E-state index contributed by atoms with van der Waals surface area (Å²) in [5.41, 5.74) is 2.19. The fraction of sp³-hybridized carbons (Fsp3) is 0.533. The van der Waals surface area contributed by atoms with Gasteiger partial charge in [0, 0.05) is 43.7 Å². The lowest BCUT2D eigenvalue weighted by Crippen LogP contribution is -2.19.